The monoisotopic (exact) mass is 430 g/mol. The zero-order chi connectivity index (χ0) is 20.8. The number of hydrogen-bond acceptors (Lipinski definition) is 6. The molecular formula is C20H19ClN4O3S. The molecule has 0 unspecified atom stereocenters. The van der Waals surface area contributed by atoms with E-state index in [0.717, 1.165) is 10.2 Å². The fraction of sp³-hybridized carbons (Fsp3) is 0.150. The number of anilines is 2. The minimum absolute atomic E-state index is 0.0783. The van der Waals surface area contributed by atoms with Gasteiger partial charge in [0.15, 0.2) is 0 Å². The summed E-state index contributed by atoms with van der Waals surface area (Å²) in [6, 6.07) is 15.7. The number of esters is 1. The van der Waals surface area contributed by atoms with E-state index in [1.807, 2.05) is 30.3 Å². The molecule has 3 aromatic rings. The lowest BCUT2D eigenvalue weighted by molar-refractivity contribution is 0.0523. The average Bonchev–Trinajstić information content (AvgIpc) is 3.05. The highest BCUT2D eigenvalue weighted by Gasteiger charge is 2.26. The number of carbonyl (C=O) groups is 2. The van der Waals surface area contributed by atoms with Crippen LogP contribution in [0, 0.1) is 0 Å². The van der Waals surface area contributed by atoms with Crippen molar-refractivity contribution in [2.24, 2.45) is 0 Å². The van der Waals surface area contributed by atoms with Gasteiger partial charge in [0.05, 0.1) is 6.61 Å². The van der Waals surface area contributed by atoms with Crippen molar-refractivity contribution in [1.82, 2.24) is 9.78 Å². The van der Waals surface area contributed by atoms with E-state index in [9.17, 15) is 9.59 Å². The molecular weight excluding hydrogens is 412 g/mol. The fourth-order valence-corrected chi connectivity index (χ4v) is 3.59. The van der Waals surface area contributed by atoms with Crippen LogP contribution in [0.2, 0.25) is 5.02 Å². The second-order valence-corrected chi connectivity index (χ2v) is 7.31. The number of thioether (sulfide) groups is 1. The van der Waals surface area contributed by atoms with Crippen LogP contribution in [0.5, 0.6) is 0 Å². The van der Waals surface area contributed by atoms with Gasteiger partial charge in [-0.2, -0.15) is 9.78 Å². The maximum Gasteiger partial charge on any atom is 0.348 e. The van der Waals surface area contributed by atoms with E-state index in [1.165, 1.54) is 11.8 Å². The standard InChI is InChI=1S/C20H19ClN4O3S/c1-2-28-19(26)16-17(22)25(20(27)23-15-10-8-14(21)9-11-15)24-18(16)29-12-13-6-4-3-5-7-13/h3-11H,2,12,22H2,1H3,(H,23,27). The summed E-state index contributed by atoms with van der Waals surface area (Å²) in [5.41, 5.74) is 7.74. The van der Waals surface area contributed by atoms with Crippen LogP contribution in [0.25, 0.3) is 0 Å². The van der Waals surface area contributed by atoms with Gasteiger partial charge in [0, 0.05) is 16.5 Å². The molecule has 0 fully saturated rings. The lowest BCUT2D eigenvalue weighted by Gasteiger charge is -2.06. The Labute approximate surface area is 177 Å². The van der Waals surface area contributed by atoms with Gasteiger partial charge in [0.2, 0.25) is 0 Å². The summed E-state index contributed by atoms with van der Waals surface area (Å²) >= 11 is 7.16. The van der Waals surface area contributed by atoms with Gasteiger partial charge in [-0.25, -0.2) is 9.59 Å². The molecule has 3 N–H and O–H groups in total. The molecule has 0 aliphatic rings. The molecule has 0 saturated heterocycles. The van der Waals surface area contributed by atoms with Crippen molar-refractivity contribution in [2.45, 2.75) is 17.7 Å². The Morgan fingerprint density at radius 3 is 2.52 bits per heavy atom. The van der Waals surface area contributed by atoms with Crippen molar-refractivity contribution < 1.29 is 14.3 Å². The molecule has 1 heterocycles. The molecule has 1 amide bonds. The van der Waals surface area contributed by atoms with Gasteiger partial charge in [-0.15, -0.1) is 0 Å². The molecule has 0 spiro atoms. The molecule has 0 aliphatic heterocycles. The SMILES string of the molecule is CCOC(=O)c1c(SCc2ccccc2)nn(C(=O)Nc2ccc(Cl)cc2)c1N. The number of nitrogen functional groups attached to an aromatic ring is 1. The number of aromatic nitrogens is 2. The molecule has 29 heavy (non-hydrogen) atoms. The van der Waals surface area contributed by atoms with E-state index < -0.39 is 12.0 Å². The van der Waals surface area contributed by atoms with Gasteiger partial charge in [-0.3, -0.25) is 0 Å². The number of nitrogens with zero attached hydrogens (tertiary/aromatic N) is 2. The molecule has 0 aliphatic carbocycles. The lowest BCUT2D eigenvalue weighted by Crippen LogP contribution is -2.22. The van der Waals surface area contributed by atoms with Crippen LogP contribution in [-0.2, 0) is 10.5 Å². The quantitative estimate of drug-likeness (QED) is 0.435. The summed E-state index contributed by atoms with van der Waals surface area (Å²) in [6.45, 7) is 1.88. The van der Waals surface area contributed by atoms with Crippen LogP contribution in [-0.4, -0.2) is 28.4 Å². The lowest BCUT2D eigenvalue weighted by atomic mass is 10.2. The third kappa shape index (κ3) is 5.10. The number of rotatable bonds is 6. The van der Waals surface area contributed by atoms with Gasteiger partial charge in [-0.1, -0.05) is 53.7 Å². The first-order valence-corrected chi connectivity index (χ1v) is 10.1. The number of ether oxygens (including phenoxy) is 1. The molecule has 1 aromatic heterocycles. The zero-order valence-corrected chi connectivity index (χ0v) is 17.2. The van der Waals surface area contributed by atoms with Crippen molar-refractivity contribution in [1.29, 1.82) is 0 Å². The Bertz CT molecular complexity index is 1010. The Kier molecular flexibility index (Phi) is 6.79. The Hall–Kier alpha value is -2.97. The van der Waals surface area contributed by atoms with Gasteiger partial charge in [0.25, 0.3) is 0 Å². The van der Waals surface area contributed by atoms with Crippen LogP contribution in [0.1, 0.15) is 22.8 Å². The van der Waals surface area contributed by atoms with E-state index >= 15 is 0 Å². The molecule has 9 heteroatoms. The number of benzene rings is 2. The highest BCUT2D eigenvalue weighted by atomic mass is 35.5. The van der Waals surface area contributed by atoms with Crippen LogP contribution in [0.4, 0.5) is 16.3 Å². The Morgan fingerprint density at radius 1 is 1.17 bits per heavy atom. The second kappa shape index (κ2) is 9.49. The molecule has 0 saturated carbocycles. The summed E-state index contributed by atoms with van der Waals surface area (Å²) in [4.78, 5) is 25.1. The number of hydrogen-bond donors (Lipinski definition) is 2. The minimum atomic E-state index is -0.619. The normalized spacial score (nSPS) is 10.6. The summed E-state index contributed by atoms with van der Waals surface area (Å²) < 4.78 is 6.06. The van der Waals surface area contributed by atoms with Crippen LogP contribution in [0.3, 0.4) is 0 Å². The first-order valence-electron chi connectivity index (χ1n) is 8.79. The summed E-state index contributed by atoms with van der Waals surface area (Å²) in [5, 5.41) is 7.81. The third-order valence-corrected chi connectivity index (χ3v) is 5.16. The van der Waals surface area contributed by atoms with E-state index in [-0.39, 0.29) is 18.0 Å². The van der Waals surface area contributed by atoms with Gasteiger partial charge < -0.3 is 15.8 Å². The fourth-order valence-electron chi connectivity index (χ4n) is 2.50. The number of amides is 1. The Balaban J connectivity index is 1.87. The summed E-state index contributed by atoms with van der Waals surface area (Å²) in [6.07, 6.45) is 0. The number of nitrogens with one attached hydrogen (secondary N) is 1. The van der Waals surface area contributed by atoms with Gasteiger partial charge in [-0.05, 0) is 36.8 Å². The predicted octanol–water partition coefficient (Wildman–Crippen LogP) is 4.67. The molecule has 0 atom stereocenters. The summed E-state index contributed by atoms with van der Waals surface area (Å²) in [7, 11) is 0. The first-order chi connectivity index (χ1) is 14.0. The zero-order valence-electron chi connectivity index (χ0n) is 15.6. The topological polar surface area (TPSA) is 99.2 Å². The van der Waals surface area contributed by atoms with E-state index in [4.69, 9.17) is 22.1 Å². The molecule has 3 rings (SSSR count). The van der Waals surface area contributed by atoms with Crippen molar-refractivity contribution in [3.63, 3.8) is 0 Å². The predicted molar refractivity (Wildman–Crippen MR) is 114 cm³/mol. The van der Waals surface area contributed by atoms with E-state index in [1.54, 1.807) is 31.2 Å². The highest BCUT2D eigenvalue weighted by molar-refractivity contribution is 7.98. The van der Waals surface area contributed by atoms with E-state index in [0.29, 0.717) is 21.5 Å². The van der Waals surface area contributed by atoms with Crippen molar-refractivity contribution in [3.8, 4) is 0 Å². The number of halogens is 1. The first kappa shape index (κ1) is 20.8. The van der Waals surface area contributed by atoms with Gasteiger partial charge in [0.1, 0.15) is 16.4 Å². The molecule has 150 valence electrons. The van der Waals surface area contributed by atoms with Gasteiger partial charge >= 0.3 is 12.0 Å². The van der Waals surface area contributed by atoms with Crippen molar-refractivity contribution in [3.05, 3.63) is 70.7 Å². The second-order valence-electron chi connectivity index (χ2n) is 5.91. The largest absolute Gasteiger partial charge is 0.462 e. The molecule has 0 radical (unpaired) electrons. The van der Waals surface area contributed by atoms with Crippen LogP contribution < -0.4 is 11.1 Å². The van der Waals surface area contributed by atoms with Crippen LogP contribution in [0.15, 0.2) is 59.6 Å². The van der Waals surface area contributed by atoms with Crippen molar-refractivity contribution in [2.75, 3.05) is 17.7 Å². The molecule has 0 bridgehead atoms. The minimum Gasteiger partial charge on any atom is -0.462 e. The average molecular weight is 431 g/mol. The number of carbonyl (C=O) groups excluding carboxylic acids is 2. The molecule has 2 aromatic carbocycles. The maximum atomic E-state index is 12.7. The maximum absolute atomic E-state index is 12.7. The smallest absolute Gasteiger partial charge is 0.348 e. The Morgan fingerprint density at radius 2 is 1.86 bits per heavy atom. The van der Waals surface area contributed by atoms with E-state index in [2.05, 4.69) is 10.4 Å². The highest BCUT2D eigenvalue weighted by Crippen LogP contribution is 2.30. The molecule has 7 nitrogen and oxygen atoms in total. The van der Waals surface area contributed by atoms with Crippen LogP contribution >= 0.6 is 23.4 Å². The number of nitrogens with two attached hydrogens (primary N) is 1. The third-order valence-electron chi connectivity index (χ3n) is 3.87. The summed E-state index contributed by atoms with van der Waals surface area (Å²) in [5.74, 6) is -0.140. The van der Waals surface area contributed by atoms with Crippen molar-refractivity contribution >= 4 is 46.9 Å².